The average Bonchev–Trinajstić information content (AvgIpc) is 3.17. The van der Waals surface area contributed by atoms with E-state index in [0.717, 1.165) is 5.56 Å². The average molecular weight is 556 g/mol. The van der Waals surface area contributed by atoms with Crippen LogP contribution in [0.25, 0.3) is 5.76 Å². The fourth-order valence-corrected chi connectivity index (χ4v) is 4.98. The minimum absolute atomic E-state index is 0.0815. The Kier molecular flexibility index (Phi) is 8.94. The maximum atomic E-state index is 13.3. The number of benzene rings is 3. The van der Waals surface area contributed by atoms with Crippen LogP contribution in [-0.4, -0.2) is 49.1 Å². The Morgan fingerprint density at radius 1 is 1.00 bits per heavy atom. The quantitative estimate of drug-likeness (QED) is 0.142. The number of halogens is 2. The molecule has 9 heteroatoms. The van der Waals surface area contributed by atoms with Crippen molar-refractivity contribution in [2.24, 2.45) is 0 Å². The van der Waals surface area contributed by atoms with Crippen molar-refractivity contribution >= 4 is 40.7 Å². The Morgan fingerprint density at radius 2 is 1.71 bits per heavy atom. The zero-order chi connectivity index (χ0) is 27.2. The minimum Gasteiger partial charge on any atom is -0.507 e. The van der Waals surface area contributed by atoms with Gasteiger partial charge in [-0.25, -0.2) is 0 Å². The maximum absolute atomic E-state index is 13.3. The van der Waals surface area contributed by atoms with Gasteiger partial charge in [0.05, 0.1) is 29.3 Å². The van der Waals surface area contributed by atoms with Crippen LogP contribution in [0.3, 0.4) is 0 Å². The monoisotopic (exact) mass is 555 g/mol. The molecule has 1 amide bonds. The van der Waals surface area contributed by atoms with E-state index in [9.17, 15) is 14.7 Å². The number of aliphatic hydroxyl groups excluding tert-OH is 1. The lowest BCUT2D eigenvalue weighted by Crippen LogP contribution is -2.31. The summed E-state index contributed by atoms with van der Waals surface area (Å²) >= 11 is 12.5. The number of nitrogens with zero attached hydrogens (tertiary/aromatic N) is 1. The van der Waals surface area contributed by atoms with Gasteiger partial charge in [0.15, 0.2) is 0 Å². The van der Waals surface area contributed by atoms with Crippen LogP contribution in [0.5, 0.6) is 11.5 Å². The third kappa shape index (κ3) is 5.80. The first-order chi connectivity index (χ1) is 18.3. The Labute approximate surface area is 231 Å². The van der Waals surface area contributed by atoms with Crippen LogP contribution in [-0.2, 0) is 20.9 Å². The third-order valence-electron chi connectivity index (χ3n) is 6.20. The number of rotatable bonds is 10. The van der Waals surface area contributed by atoms with E-state index in [4.69, 9.17) is 37.4 Å². The highest BCUT2D eigenvalue weighted by Gasteiger charge is 2.46. The number of Topliss-reactive ketones (excluding diaryl/α,β-unsaturated/α-hetero) is 1. The van der Waals surface area contributed by atoms with E-state index in [-0.39, 0.29) is 33.5 Å². The molecule has 4 rings (SSSR count). The molecule has 3 aromatic rings. The number of aliphatic hydroxyl groups is 1. The topological polar surface area (TPSA) is 85.3 Å². The summed E-state index contributed by atoms with van der Waals surface area (Å²) in [5, 5.41) is 11.8. The molecule has 7 nitrogen and oxygen atoms in total. The summed E-state index contributed by atoms with van der Waals surface area (Å²) in [6, 6.07) is 18.9. The second-order valence-corrected chi connectivity index (χ2v) is 9.49. The van der Waals surface area contributed by atoms with Gasteiger partial charge >= 0.3 is 0 Å². The predicted molar refractivity (Wildman–Crippen MR) is 146 cm³/mol. The summed E-state index contributed by atoms with van der Waals surface area (Å²) in [5.74, 6) is -1.19. The number of amides is 1. The lowest BCUT2D eigenvalue weighted by molar-refractivity contribution is -0.140. The molecule has 1 atom stereocenters. The molecule has 0 aliphatic carbocycles. The van der Waals surface area contributed by atoms with Crippen molar-refractivity contribution in [2.75, 3.05) is 27.4 Å². The summed E-state index contributed by atoms with van der Waals surface area (Å²) in [5.41, 5.74) is 1.69. The second-order valence-electron chi connectivity index (χ2n) is 8.65. The third-order valence-corrected chi connectivity index (χ3v) is 6.70. The molecule has 0 spiro atoms. The normalized spacial score (nSPS) is 16.6. The van der Waals surface area contributed by atoms with Crippen molar-refractivity contribution in [2.45, 2.75) is 19.1 Å². The molecule has 1 fully saturated rings. The first-order valence-corrected chi connectivity index (χ1v) is 12.7. The molecular weight excluding hydrogens is 529 g/mol. The van der Waals surface area contributed by atoms with E-state index >= 15 is 0 Å². The fraction of sp³-hybridized carbons (Fsp3) is 0.241. The van der Waals surface area contributed by atoms with Gasteiger partial charge < -0.3 is 24.2 Å². The molecule has 0 radical (unpaired) electrons. The van der Waals surface area contributed by atoms with Gasteiger partial charge in [-0.2, -0.15) is 0 Å². The van der Waals surface area contributed by atoms with Gasteiger partial charge in [-0.1, -0.05) is 65.7 Å². The number of carbonyl (C=O) groups is 2. The number of methoxy groups -OCH3 is 2. The lowest BCUT2D eigenvalue weighted by Gasteiger charge is -2.25. The van der Waals surface area contributed by atoms with E-state index in [1.54, 1.807) is 31.4 Å². The summed E-state index contributed by atoms with van der Waals surface area (Å²) in [6.07, 6.45) is 0.505. The molecule has 1 unspecified atom stereocenters. The molecule has 198 valence electrons. The van der Waals surface area contributed by atoms with Crippen LogP contribution < -0.4 is 9.47 Å². The van der Waals surface area contributed by atoms with Gasteiger partial charge in [-0.05, 0) is 41.8 Å². The van der Waals surface area contributed by atoms with E-state index < -0.39 is 23.5 Å². The molecule has 1 aliphatic heterocycles. The van der Waals surface area contributed by atoms with E-state index in [2.05, 4.69) is 0 Å². The number of ether oxygens (including phenoxy) is 3. The van der Waals surface area contributed by atoms with Crippen molar-refractivity contribution < 1.29 is 28.9 Å². The molecule has 1 N–H and O–H groups in total. The van der Waals surface area contributed by atoms with Crippen molar-refractivity contribution in [1.82, 2.24) is 4.90 Å². The van der Waals surface area contributed by atoms with Gasteiger partial charge in [0.25, 0.3) is 11.7 Å². The molecule has 1 saturated heterocycles. The van der Waals surface area contributed by atoms with Gasteiger partial charge in [-0.3, -0.25) is 9.59 Å². The van der Waals surface area contributed by atoms with Gasteiger partial charge in [0, 0.05) is 25.3 Å². The predicted octanol–water partition coefficient (Wildman–Crippen LogP) is 6.04. The molecule has 0 aromatic heterocycles. The molecule has 38 heavy (non-hydrogen) atoms. The van der Waals surface area contributed by atoms with Gasteiger partial charge in [0.1, 0.15) is 23.9 Å². The summed E-state index contributed by atoms with van der Waals surface area (Å²) in [7, 11) is 2.95. The first-order valence-electron chi connectivity index (χ1n) is 11.9. The smallest absolute Gasteiger partial charge is 0.295 e. The molecule has 0 saturated carbocycles. The second kappa shape index (κ2) is 12.3. The molecule has 0 bridgehead atoms. The molecule has 3 aromatic carbocycles. The highest BCUT2D eigenvalue weighted by Crippen LogP contribution is 2.43. The minimum atomic E-state index is -0.850. The van der Waals surface area contributed by atoms with Crippen molar-refractivity contribution in [1.29, 1.82) is 0 Å². The van der Waals surface area contributed by atoms with Crippen molar-refractivity contribution in [3.63, 3.8) is 0 Å². The van der Waals surface area contributed by atoms with Crippen molar-refractivity contribution in [3.8, 4) is 11.5 Å². The van der Waals surface area contributed by atoms with Crippen LogP contribution >= 0.6 is 23.2 Å². The summed E-state index contributed by atoms with van der Waals surface area (Å²) in [6.45, 7) is 1.05. The molecule has 1 aliphatic rings. The summed E-state index contributed by atoms with van der Waals surface area (Å²) < 4.78 is 16.4. The number of ketones is 1. The summed E-state index contributed by atoms with van der Waals surface area (Å²) in [4.78, 5) is 27.8. The molecular formula is C29H27Cl2NO6. The van der Waals surface area contributed by atoms with Gasteiger partial charge in [0.2, 0.25) is 0 Å². The number of carbonyl (C=O) groups excluding carboxylic acids is 2. The molecule has 1 heterocycles. The zero-order valence-electron chi connectivity index (χ0n) is 20.9. The van der Waals surface area contributed by atoms with Crippen molar-refractivity contribution in [3.05, 3.63) is 99.0 Å². The number of hydrogen-bond donors (Lipinski definition) is 1. The lowest BCUT2D eigenvalue weighted by atomic mass is 9.95. The Bertz CT molecular complexity index is 1340. The van der Waals surface area contributed by atoms with E-state index in [1.165, 1.54) is 24.1 Å². The SMILES string of the molecule is COCCCN1C(=O)C(=O)/C(=C(/O)c2cc(Cl)cc(Cl)c2OC)C1c1ccc(OCc2ccccc2)cc1. The van der Waals surface area contributed by atoms with E-state index in [0.29, 0.717) is 30.9 Å². The highest BCUT2D eigenvalue weighted by atomic mass is 35.5. The largest absolute Gasteiger partial charge is 0.507 e. The van der Waals surface area contributed by atoms with E-state index in [1.807, 2.05) is 30.3 Å². The first kappa shape index (κ1) is 27.5. The van der Waals surface area contributed by atoms with Crippen LogP contribution in [0.2, 0.25) is 10.0 Å². The zero-order valence-corrected chi connectivity index (χ0v) is 22.5. The highest BCUT2D eigenvalue weighted by molar-refractivity contribution is 6.46. The van der Waals surface area contributed by atoms with Crippen LogP contribution in [0.1, 0.15) is 29.2 Å². The van der Waals surface area contributed by atoms with Gasteiger partial charge in [-0.15, -0.1) is 0 Å². The number of hydrogen-bond acceptors (Lipinski definition) is 6. The fourth-order valence-electron chi connectivity index (χ4n) is 4.41. The Balaban J connectivity index is 1.74. The van der Waals surface area contributed by atoms with Crippen LogP contribution in [0.4, 0.5) is 0 Å². The Morgan fingerprint density at radius 3 is 2.37 bits per heavy atom. The Hall–Kier alpha value is -3.52. The van der Waals surface area contributed by atoms with Crippen LogP contribution in [0.15, 0.2) is 72.3 Å². The van der Waals surface area contributed by atoms with Crippen LogP contribution in [0, 0.1) is 0 Å². The standard InChI is InChI=1S/C29H27Cl2NO6/c1-36-14-6-13-32-25(19-9-11-21(12-10-19)38-17-18-7-4-3-5-8-18)24(27(34)29(32)35)26(33)22-15-20(30)16-23(31)28(22)37-2/h3-5,7-12,15-16,25,33H,6,13-14,17H2,1-2H3/b26-24+. The maximum Gasteiger partial charge on any atom is 0.295 e. The number of likely N-dealkylation sites (tertiary alicyclic amines) is 1.